The number of benzene rings is 1. The zero-order valence-corrected chi connectivity index (χ0v) is 13.2. The monoisotopic (exact) mass is 348 g/mol. The molecule has 2 rings (SSSR count). The Balaban J connectivity index is 2.23. The van der Waals surface area contributed by atoms with Gasteiger partial charge < -0.3 is 10.8 Å². The van der Waals surface area contributed by atoms with E-state index in [4.69, 9.17) is 5.73 Å². The highest BCUT2D eigenvalue weighted by atomic mass is 79.9. The summed E-state index contributed by atoms with van der Waals surface area (Å²) in [7, 11) is -3.56. The molecule has 0 atom stereocenters. The molecule has 1 aromatic rings. The Bertz CT molecular complexity index is 595. The number of β-amino-alcohol motifs (C(OH)–C–C–N with tert-alkyl or cyclic N) is 1. The summed E-state index contributed by atoms with van der Waals surface area (Å²) in [4.78, 5) is 0.180. The van der Waals surface area contributed by atoms with E-state index < -0.39 is 15.6 Å². The van der Waals surface area contributed by atoms with E-state index in [9.17, 15) is 13.5 Å². The quantitative estimate of drug-likeness (QED) is 0.809. The fourth-order valence-corrected chi connectivity index (χ4v) is 4.04. The Labute approximate surface area is 121 Å². The Kier molecular flexibility index (Phi) is 3.68. The summed E-state index contributed by atoms with van der Waals surface area (Å²) >= 11 is 3.22. The molecule has 1 heterocycles. The summed E-state index contributed by atoms with van der Waals surface area (Å²) < 4.78 is 26.5. The summed E-state index contributed by atoms with van der Waals surface area (Å²) in [5, 5.41) is 10.1. The molecule has 0 unspecified atom stereocenters. The fourth-order valence-electron chi connectivity index (χ4n) is 1.92. The van der Waals surface area contributed by atoms with Crippen LogP contribution in [-0.4, -0.2) is 36.5 Å². The molecule has 0 aliphatic carbocycles. The lowest BCUT2D eigenvalue weighted by Crippen LogP contribution is -2.65. The number of nitrogen functional groups attached to an aromatic ring is 1. The third kappa shape index (κ3) is 2.52. The molecule has 5 nitrogen and oxygen atoms in total. The first-order valence-corrected chi connectivity index (χ1v) is 8.18. The van der Waals surface area contributed by atoms with Gasteiger partial charge in [-0.1, -0.05) is 13.8 Å². The van der Waals surface area contributed by atoms with Crippen LogP contribution in [0.4, 0.5) is 5.69 Å². The number of hydrogen-bond acceptors (Lipinski definition) is 4. The molecule has 0 bridgehead atoms. The Morgan fingerprint density at radius 2 is 2.00 bits per heavy atom. The number of aliphatic hydroxyl groups is 1. The maximum Gasteiger partial charge on any atom is 0.243 e. The van der Waals surface area contributed by atoms with Gasteiger partial charge in [-0.05, 0) is 40.0 Å². The molecule has 0 amide bonds. The smallest absolute Gasteiger partial charge is 0.243 e. The van der Waals surface area contributed by atoms with E-state index >= 15 is 0 Å². The zero-order chi connectivity index (χ0) is 14.4. The minimum Gasteiger partial charge on any atom is -0.398 e. The lowest BCUT2D eigenvalue weighted by molar-refractivity contribution is -0.0932. The van der Waals surface area contributed by atoms with E-state index in [-0.39, 0.29) is 23.9 Å². The zero-order valence-electron chi connectivity index (χ0n) is 10.8. The number of halogens is 1. The van der Waals surface area contributed by atoms with E-state index in [1.807, 2.05) is 13.8 Å². The van der Waals surface area contributed by atoms with Crippen molar-refractivity contribution < 1.29 is 13.5 Å². The van der Waals surface area contributed by atoms with Crippen molar-refractivity contribution in [3.63, 3.8) is 0 Å². The minimum atomic E-state index is -3.56. The average molecular weight is 349 g/mol. The molecular formula is C12H17BrN2O3S. The molecule has 0 saturated carbocycles. The predicted octanol–water partition coefficient (Wildman–Crippen LogP) is 1.42. The average Bonchev–Trinajstić information content (AvgIpc) is 2.27. The molecule has 106 valence electrons. The SMILES string of the molecule is CC(C)C1(O)CN(S(=O)(=O)c2ccc(N)c(Br)c2)C1. The summed E-state index contributed by atoms with van der Waals surface area (Å²) in [6.07, 6.45) is 0. The van der Waals surface area contributed by atoms with Crippen LogP contribution in [0.25, 0.3) is 0 Å². The van der Waals surface area contributed by atoms with Crippen LogP contribution >= 0.6 is 15.9 Å². The third-order valence-electron chi connectivity index (χ3n) is 3.58. The second-order valence-corrected chi connectivity index (χ2v) is 8.01. The van der Waals surface area contributed by atoms with Gasteiger partial charge in [0, 0.05) is 23.2 Å². The summed E-state index contributed by atoms with van der Waals surface area (Å²) in [6, 6.07) is 4.50. The van der Waals surface area contributed by atoms with Crippen molar-refractivity contribution in [2.24, 2.45) is 5.92 Å². The minimum absolute atomic E-state index is 0.0251. The molecule has 1 fully saturated rings. The molecule has 1 aliphatic rings. The number of nitrogens with two attached hydrogens (primary N) is 1. The third-order valence-corrected chi connectivity index (χ3v) is 6.06. The molecule has 19 heavy (non-hydrogen) atoms. The maximum atomic E-state index is 12.3. The fraction of sp³-hybridized carbons (Fsp3) is 0.500. The molecule has 7 heteroatoms. The van der Waals surface area contributed by atoms with Crippen LogP contribution in [0.15, 0.2) is 27.6 Å². The van der Waals surface area contributed by atoms with Gasteiger partial charge in [-0.25, -0.2) is 8.42 Å². The van der Waals surface area contributed by atoms with Crippen LogP contribution in [0.5, 0.6) is 0 Å². The van der Waals surface area contributed by atoms with Gasteiger partial charge in [0.15, 0.2) is 0 Å². The summed E-state index contributed by atoms with van der Waals surface area (Å²) in [5.41, 5.74) is 5.21. The van der Waals surface area contributed by atoms with E-state index in [0.717, 1.165) is 0 Å². The summed E-state index contributed by atoms with van der Waals surface area (Å²) in [6.45, 7) is 4.03. The van der Waals surface area contributed by atoms with Gasteiger partial charge in [0.1, 0.15) is 0 Å². The van der Waals surface area contributed by atoms with Crippen molar-refractivity contribution in [1.29, 1.82) is 0 Å². The van der Waals surface area contributed by atoms with E-state index in [1.165, 1.54) is 16.4 Å². The van der Waals surface area contributed by atoms with Crippen LogP contribution in [0.1, 0.15) is 13.8 Å². The standard InChI is InChI=1S/C12H17BrN2O3S/c1-8(2)12(16)6-15(7-12)19(17,18)9-3-4-11(14)10(13)5-9/h3-5,8,16H,6-7,14H2,1-2H3. The lowest BCUT2D eigenvalue weighted by Gasteiger charge is -2.47. The molecule has 0 radical (unpaired) electrons. The van der Waals surface area contributed by atoms with Crippen molar-refractivity contribution in [2.45, 2.75) is 24.3 Å². The van der Waals surface area contributed by atoms with Crippen molar-refractivity contribution in [3.05, 3.63) is 22.7 Å². The largest absolute Gasteiger partial charge is 0.398 e. The number of rotatable bonds is 3. The molecule has 0 aromatic heterocycles. The van der Waals surface area contributed by atoms with E-state index in [0.29, 0.717) is 10.2 Å². The van der Waals surface area contributed by atoms with E-state index in [1.54, 1.807) is 6.07 Å². The van der Waals surface area contributed by atoms with Gasteiger partial charge >= 0.3 is 0 Å². The first-order valence-electron chi connectivity index (χ1n) is 5.94. The predicted molar refractivity (Wildman–Crippen MR) is 77.1 cm³/mol. The summed E-state index contributed by atoms with van der Waals surface area (Å²) in [5.74, 6) is 0.0251. The van der Waals surface area contributed by atoms with Crippen LogP contribution in [0, 0.1) is 5.92 Å². The molecule has 1 aromatic carbocycles. The maximum absolute atomic E-state index is 12.3. The lowest BCUT2D eigenvalue weighted by atomic mass is 9.85. The number of anilines is 1. The molecule has 1 aliphatic heterocycles. The van der Waals surface area contributed by atoms with Gasteiger partial charge in [0.2, 0.25) is 10.0 Å². The molecular weight excluding hydrogens is 332 g/mol. The van der Waals surface area contributed by atoms with Crippen LogP contribution in [0.3, 0.4) is 0 Å². The first kappa shape index (κ1) is 14.8. The molecule has 1 saturated heterocycles. The van der Waals surface area contributed by atoms with Crippen LogP contribution < -0.4 is 5.73 Å². The van der Waals surface area contributed by atoms with Gasteiger partial charge in [-0.3, -0.25) is 0 Å². The van der Waals surface area contributed by atoms with Gasteiger partial charge in [0.25, 0.3) is 0 Å². The van der Waals surface area contributed by atoms with Crippen molar-refractivity contribution >= 4 is 31.6 Å². The first-order chi connectivity index (χ1) is 8.67. The second-order valence-electron chi connectivity index (χ2n) is 5.21. The molecule has 0 spiro atoms. The Morgan fingerprint density at radius 1 is 1.42 bits per heavy atom. The second kappa shape index (κ2) is 4.73. The normalized spacial score (nSPS) is 19.4. The van der Waals surface area contributed by atoms with Crippen LogP contribution in [-0.2, 0) is 10.0 Å². The Morgan fingerprint density at radius 3 is 2.47 bits per heavy atom. The van der Waals surface area contributed by atoms with Crippen molar-refractivity contribution in [2.75, 3.05) is 18.8 Å². The number of nitrogens with zero attached hydrogens (tertiary/aromatic N) is 1. The van der Waals surface area contributed by atoms with Gasteiger partial charge in [-0.15, -0.1) is 0 Å². The Hall–Kier alpha value is -0.630. The van der Waals surface area contributed by atoms with Gasteiger partial charge in [-0.2, -0.15) is 4.31 Å². The van der Waals surface area contributed by atoms with Crippen molar-refractivity contribution in [3.8, 4) is 0 Å². The highest BCUT2D eigenvalue weighted by molar-refractivity contribution is 9.10. The highest BCUT2D eigenvalue weighted by Gasteiger charge is 2.49. The van der Waals surface area contributed by atoms with Crippen molar-refractivity contribution in [1.82, 2.24) is 4.31 Å². The topological polar surface area (TPSA) is 83.6 Å². The highest BCUT2D eigenvalue weighted by Crippen LogP contribution is 2.34. The van der Waals surface area contributed by atoms with Gasteiger partial charge in [0.05, 0.1) is 10.5 Å². The van der Waals surface area contributed by atoms with Crippen LogP contribution in [0.2, 0.25) is 0 Å². The number of hydrogen-bond donors (Lipinski definition) is 2. The number of sulfonamides is 1. The van der Waals surface area contributed by atoms with E-state index in [2.05, 4.69) is 15.9 Å². The molecule has 3 N–H and O–H groups in total.